The molecule has 18 heavy (non-hydrogen) atoms. The van der Waals surface area contributed by atoms with E-state index in [1.807, 2.05) is 0 Å². The lowest BCUT2D eigenvalue weighted by molar-refractivity contribution is -0.384. The van der Waals surface area contributed by atoms with E-state index in [9.17, 15) is 10.1 Å². The van der Waals surface area contributed by atoms with E-state index in [0.717, 1.165) is 6.21 Å². The van der Waals surface area contributed by atoms with Crippen molar-refractivity contribution in [3.63, 3.8) is 0 Å². The first-order valence-corrected chi connectivity index (χ1v) is 5.27. The van der Waals surface area contributed by atoms with Crippen LogP contribution in [0.5, 0.6) is 0 Å². The molecule has 0 heterocycles. The van der Waals surface area contributed by atoms with Crippen molar-refractivity contribution in [3.8, 4) is 11.1 Å². The number of hydrogen-bond acceptors (Lipinski definition) is 4. The molecule has 2 aromatic rings. The predicted octanol–water partition coefficient (Wildman–Crippen LogP) is 2.84. The van der Waals surface area contributed by atoms with Crippen LogP contribution in [0.15, 0.2) is 42.5 Å². The van der Waals surface area contributed by atoms with Gasteiger partial charge in [0.05, 0.1) is 10.5 Å². The highest BCUT2D eigenvalue weighted by molar-refractivity contribution is 5.88. The molecule has 0 spiro atoms. The van der Waals surface area contributed by atoms with Crippen LogP contribution in [0.1, 0.15) is 5.56 Å². The monoisotopic (exact) mass is 241 g/mol. The molecule has 0 atom stereocenters. The molecular formula is C13H11N3O2. The fourth-order valence-electron chi connectivity index (χ4n) is 1.75. The lowest BCUT2D eigenvalue weighted by Gasteiger charge is -2.06. The summed E-state index contributed by atoms with van der Waals surface area (Å²) in [6, 6.07) is 11.5. The molecule has 0 saturated heterocycles. The molecule has 5 heteroatoms. The number of nitro benzene ring substituents is 1. The third-order valence-corrected chi connectivity index (χ3v) is 2.65. The highest BCUT2D eigenvalue weighted by atomic mass is 16.6. The van der Waals surface area contributed by atoms with Crippen LogP contribution >= 0.6 is 0 Å². The van der Waals surface area contributed by atoms with Crippen LogP contribution in [0.25, 0.3) is 11.1 Å². The minimum absolute atomic E-state index is 0.0412. The fraction of sp³-hybridized carbons (Fsp3) is 0. The summed E-state index contributed by atoms with van der Waals surface area (Å²) in [5.74, 6) is 0. The maximum Gasteiger partial charge on any atom is 0.277 e. The number of rotatable bonds is 3. The maximum atomic E-state index is 10.9. The van der Waals surface area contributed by atoms with Crippen LogP contribution in [0.3, 0.4) is 0 Å². The van der Waals surface area contributed by atoms with Crippen LogP contribution in [0.4, 0.5) is 11.4 Å². The van der Waals surface area contributed by atoms with Crippen molar-refractivity contribution in [2.24, 2.45) is 0 Å². The van der Waals surface area contributed by atoms with Gasteiger partial charge in [0, 0.05) is 23.5 Å². The van der Waals surface area contributed by atoms with Gasteiger partial charge in [0.25, 0.3) is 5.69 Å². The zero-order valence-corrected chi connectivity index (χ0v) is 9.46. The van der Waals surface area contributed by atoms with Gasteiger partial charge in [0.2, 0.25) is 0 Å². The Morgan fingerprint density at radius 3 is 2.56 bits per heavy atom. The van der Waals surface area contributed by atoms with Crippen molar-refractivity contribution >= 4 is 17.6 Å². The summed E-state index contributed by atoms with van der Waals surface area (Å²) in [5.41, 5.74) is 8.03. The van der Waals surface area contributed by atoms with E-state index in [1.165, 1.54) is 6.07 Å². The highest BCUT2D eigenvalue weighted by Crippen LogP contribution is 2.31. The van der Waals surface area contributed by atoms with E-state index in [2.05, 4.69) is 0 Å². The molecule has 0 saturated carbocycles. The number of nitrogens with two attached hydrogens (primary N) is 1. The summed E-state index contributed by atoms with van der Waals surface area (Å²) in [5, 5.41) is 18.1. The van der Waals surface area contributed by atoms with Gasteiger partial charge in [0.1, 0.15) is 0 Å². The molecule has 90 valence electrons. The van der Waals surface area contributed by atoms with Crippen molar-refractivity contribution < 1.29 is 4.92 Å². The second-order valence-electron chi connectivity index (χ2n) is 3.76. The van der Waals surface area contributed by atoms with Crippen LogP contribution in [-0.4, -0.2) is 11.1 Å². The van der Waals surface area contributed by atoms with Gasteiger partial charge in [-0.1, -0.05) is 24.3 Å². The minimum Gasteiger partial charge on any atom is -0.398 e. The van der Waals surface area contributed by atoms with E-state index < -0.39 is 4.92 Å². The molecule has 0 radical (unpaired) electrons. The van der Waals surface area contributed by atoms with E-state index in [4.69, 9.17) is 11.1 Å². The van der Waals surface area contributed by atoms with Gasteiger partial charge in [-0.05, 0) is 17.7 Å². The SMILES string of the molecule is N=Cc1ccc(-c2ccccc2[N+](=O)[O-])cc1N. The Morgan fingerprint density at radius 2 is 1.94 bits per heavy atom. The summed E-state index contributed by atoms with van der Waals surface area (Å²) in [6.45, 7) is 0. The molecule has 3 N–H and O–H groups in total. The molecule has 2 rings (SSSR count). The van der Waals surface area contributed by atoms with Gasteiger partial charge >= 0.3 is 0 Å². The standard InChI is InChI=1S/C13H11N3O2/c14-8-10-6-5-9(7-12(10)15)11-3-1-2-4-13(11)16(17)18/h1-8,14H,15H2. The smallest absolute Gasteiger partial charge is 0.277 e. The lowest BCUT2D eigenvalue weighted by atomic mass is 10.0. The largest absolute Gasteiger partial charge is 0.398 e. The van der Waals surface area contributed by atoms with Crippen molar-refractivity contribution in [2.75, 3.05) is 5.73 Å². The Hall–Kier alpha value is -2.69. The lowest BCUT2D eigenvalue weighted by Crippen LogP contribution is -1.95. The summed E-state index contributed by atoms with van der Waals surface area (Å²) < 4.78 is 0. The van der Waals surface area contributed by atoms with Crippen LogP contribution in [-0.2, 0) is 0 Å². The number of benzene rings is 2. The number of anilines is 1. The van der Waals surface area contributed by atoms with Crippen LogP contribution in [0.2, 0.25) is 0 Å². The summed E-state index contributed by atoms with van der Waals surface area (Å²) in [4.78, 5) is 10.5. The molecule has 0 aliphatic heterocycles. The second-order valence-corrected chi connectivity index (χ2v) is 3.76. The van der Waals surface area contributed by atoms with Crippen molar-refractivity contribution in [2.45, 2.75) is 0 Å². The van der Waals surface area contributed by atoms with E-state index in [-0.39, 0.29) is 5.69 Å². The van der Waals surface area contributed by atoms with Gasteiger partial charge in [-0.15, -0.1) is 0 Å². The zero-order valence-electron chi connectivity index (χ0n) is 9.46. The molecule has 0 aliphatic carbocycles. The maximum absolute atomic E-state index is 10.9. The van der Waals surface area contributed by atoms with E-state index >= 15 is 0 Å². The number of para-hydroxylation sites is 1. The van der Waals surface area contributed by atoms with Gasteiger partial charge in [-0.2, -0.15) is 0 Å². The first-order chi connectivity index (χ1) is 8.63. The summed E-state index contributed by atoms with van der Waals surface area (Å²) in [7, 11) is 0. The molecule has 0 bridgehead atoms. The second kappa shape index (κ2) is 4.67. The zero-order chi connectivity index (χ0) is 13.1. The highest BCUT2D eigenvalue weighted by Gasteiger charge is 2.14. The quantitative estimate of drug-likeness (QED) is 0.374. The Balaban J connectivity index is 2.59. The fourth-order valence-corrected chi connectivity index (χ4v) is 1.75. The van der Waals surface area contributed by atoms with Gasteiger partial charge < -0.3 is 11.1 Å². The van der Waals surface area contributed by atoms with E-state index in [0.29, 0.717) is 22.4 Å². The predicted molar refractivity (Wildman–Crippen MR) is 70.8 cm³/mol. The normalized spacial score (nSPS) is 10.0. The topological polar surface area (TPSA) is 93.0 Å². The van der Waals surface area contributed by atoms with Gasteiger partial charge in [-0.3, -0.25) is 10.1 Å². The van der Waals surface area contributed by atoms with Crippen molar-refractivity contribution in [3.05, 3.63) is 58.1 Å². The summed E-state index contributed by atoms with van der Waals surface area (Å²) >= 11 is 0. The van der Waals surface area contributed by atoms with Gasteiger partial charge in [0.15, 0.2) is 0 Å². The molecule has 0 unspecified atom stereocenters. The first-order valence-electron chi connectivity index (χ1n) is 5.27. The Labute approximate surface area is 104 Å². The number of nitrogens with one attached hydrogen (secondary N) is 1. The third kappa shape index (κ3) is 2.06. The molecule has 2 aromatic carbocycles. The molecule has 0 aliphatic rings. The Morgan fingerprint density at radius 1 is 1.22 bits per heavy atom. The average Bonchev–Trinajstić information content (AvgIpc) is 2.38. The van der Waals surface area contributed by atoms with Crippen LogP contribution in [0, 0.1) is 15.5 Å². The van der Waals surface area contributed by atoms with Crippen molar-refractivity contribution in [1.29, 1.82) is 5.41 Å². The number of hydrogen-bond donors (Lipinski definition) is 2. The third-order valence-electron chi connectivity index (χ3n) is 2.65. The summed E-state index contributed by atoms with van der Waals surface area (Å²) in [6.07, 6.45) is 1.15. The Kier molecular flexibility index (Phi) is 3.05. The number of nitrogen functional groups attached to an aromatic ring is 1. The molecular weight excluding hydrogens is 230 g/mol. The average molecular weight is 241 g/mol. The molecule has 0 amide bonds. The molecule has 0 fully saturated rings. The van der Waals surface area contributed by atoms with Crippen molar-refractivity contribution in [1.82, 2.24) is 0 Å². The number of nitro groups is 1. The molecule has 0 aromatic heterocycles. The van der Waals surface area contributed by atoms with Gasteiger partial charge in [-0.25, -0.2) is 0 Å². The van der Waals surface area contributed by atoms with Crippen LogP contribution < -0.4 is 5.73 Å². The Bertz CT molecular complexity index is 623. The number of nitrogens with zero attached hydrogens (tertiary/aromatic N) is 1. The minimum atomic E-state index is -0.421. The molecule has 5 nitrogen and oxygen atoms in total. The first kappa shape index (κ1) is 11.8. The van der Waals surface area contributed by atoms with E-state index in [1.54, 1.807) is 36.4 Å².